The average molecular weight is 349 g/mol. The Morgan fingerprint density at radius 2 is 1.92 bits per heavy atom. The summed E-state index contributed by atoms with van der Waals surface area (Å²) in [5.41, 5.74) is 1.03. The molecule has 2 heterocycles. The Morgan fingerprint density at radius 1 is 1.12 bits per heavy atom. The minimum absolute atomic E-state index is 0.294. The summed E-state index contributed by atoms with van der Waals surface area (Å²) in [4.78, 5) is 4.18. The first kappa shape index (κ1) is 17.0. The number of methoxy groups -OCH3 is 1. The van der Waals surface area contributed by atoms with E-state index >= 15 is 0 Å². The molecule has 0 radical (unpaired) electrons. The number of benzene rings is 1. The van der Waals surface area contributed by atoms with E-state index in [2.05, 4.69) is 4.98 Å². The third kappa shape index (κ3) is 3.49. The summed E-state index contributed by atoms with van der Waals surface area (Å²) in [7, 11) is 1.61. The number of nitrogens with zero attached hydrogens (tertiary/aromatic N) is 1. The van der Waals surface area contributed by atoms with Crippen LogP contribution in [0.4, 0.5) is 0 Å². The van der Waals surface area contributed by atoms with Crippen LogP contribution in [0.25, 0.3) is 11.1 Å². The summed E-state index contributed by atoms with van der Waals surface area (Å²) >= 11 is 1.25. The van der Waals surface area contributed by atoms with E-state index in [-0.39, 0.29) is 0 Å². The van der Waals surface area contributed by atoms with Gasteiger partial charge in [0.15, 0.2) is 5.44 Å². The zero-order chi connectivity index (χ0) is 17.1. The lowest BCUT2D eigenvalue weighted by atomic mass is 10.1. The molecule has 1 aromatic carbocycles. The summed E-state index contributed by atoms with van der Waals surface area (Å²) in [5, 5.41) is 29.4. The van der Waals surface area contributed by atoms with Gasteiger partial charge in [-0.05, 0) is 12.1 Å². The SMILES string of the molecule is COc1ccccc1-c1cncc(O[C@@H]2SC[C@@H](O)[C@H](O)[C@H]2O)c1. The van der Waals surface area contributed by atoms with Crippen molar-refractivity contribution < 1.29 is 24.8 Å². The zero-order valence-corrected chi connectivity index (χ0v) is 13.9. The lowest BCUT2D eigenvalue weighted by Crippen LogP contribution is -2.50. The third-order valence-electron chi connectivity index (χ3n) is 3.84. The van der Waals surface area contributed by atoms with Gasteiger partial charge >= 0.3 is 0 Å². The van der Waals surface area contributed by atoms with Gasteiger partial charge in [-0.3, -0.25) is 4.98 Å². The van der Waals surface area contributed by atoms with Crippen LogP contribution in [0.1, 0.15) is 0 Å². The Hall–Kier alpha value is -1.80. The van der Waals surface area contributed by atoms with Crippen molar-refractivity contribution in [3.63, 3.8) is 0 Å². The van der Waals surface area contributed by atoms with Crippen molar-refractivity contribution in [2.24, 2.45) is 0 Å². The van der Waals surface area contributed by atoms with Crippen molar-refractivity contribution >= 4 is 11.8 Å². The van der Waals surface area contributed by atoms with E-state index in [1.165, 1.54) is 11.8 Å². The van der Waals surface area contributed by atoms with Crippen LogP contribution in [-0.4, -0.2) is 56.9 Å². The molecule has 7 heteroatoms. The van der Waals surface area contributed by atoms with E-state index in [0.717, 1.165) is 16.9 Å². The molecule has 2 aromatic rings. The molecule has 3 rings (SSSR count). The first-order valence-electron chi connectivity index (χ1n) is 7.51. The van der Waals surface area contributed by atoms with E-state index in [9.17, 15) is 15.3 Å². The first-order chi connectivity index (χ1) is 11.6. The smallest absolute Gasteiger partial charge is 0.173 e. The van der Waals surface area contributed by atoms with Crippen molar-refractivity contribution in [3.8, 4) is 22.6 Å². The fourth-order valence-electron chi connectivity index (χ4n) is 2.53. The fraction of sp³-hybridized carbons (Fsp3) is 0.353. The van der Waals surface area contributed by atoms with Crippen molar-refractivity contribution in [1.29, 1.82) is 0 Å². The third-order valence-corrected chi connectivity index (χ3v) is 5.08. The van der Waals surface area contributed by atoms with Crippen molar-refractivity contribution in [1.82, 2.24) is 4.98 Å². The Bertz CT molecular complexity index is 698. The Balaban J connectivity index is 1.81. The Kier molecular flexibility index (Phi) is 5.25. The predicted octanol–water partition coefficient (Wildman–Crippen LogP) is 1.29. The summed E-state index contributed by atoms with van der Waals surface area (Å²) in [5.74, 6) is 1.49. The van der Waals surface area contributed by atoms with Gasteiger partial charge in [0.1, 0.15) is 23.7 Å². The van der Waals surface area contributed by atoms with Crippen LogP contribution in [0.15, 0.2) is 42.7 Å². The van der Waals surface area contributed by atoms with Crippen LogP contribution in [0.2, 0.25) is 0 Å². The highest BCUT2D eigenvalue weighted by atomic mass is 32.2. The molecule has 1 aliphatic heterocycles. The van der Waals surface area contributed by atoms with Crippen LogP contribution < -0.4 is 9.47 Å². The van der Waals surface area contributed by atoms with E-state index in [1.54, 1.807) is 25.6 Å². The van der Waals surface area contributed by atoms with E-state index < -0.39 is 23.7 Å². The van der Waals surface area contributed by atoms with E-state index in [1.807, 2.05) is 24.3 Å². The molecule has 0 saturated carbocycles. The fourth-order valence-corrected chi connectivity index (χ4v) is 3.65. The van der Waals surface area contributed by atoms with Crippen LogP contribution in [0, 0.1) is 0 Å². The molecular formula is C17H19NO5S. The van der Waals surface area contributed by atoms with Crippen LogP contribution in [-0.2, 0) is 0 Å². The maximum absolute atomic E-state index is 10.0. The number of hydrogen-bond acceptors (Lipinski definition) is 7. The highest BCUT2D eigenvalue weighted by Crippen LogP contribution is 2.33. The number of ether oxygens (including phenoxy) is 2. The molecule has 1 saturated heterocycles. The zero-order valence-electron chi connectivity index (χ0n) is 13.1. The molecule has 4 atom stereocenters. The molecule has 0 amide bonds. The summed E-state index contributed by atoms with van der Waals surface area (Å²) in [6.45, 7) is 0. The van der Waals surface area contributed by atoms with Gasteiger partial charge in [-0.15, -0.1) is 11.8 Å². The van der Waals surface area contributed by atoms with Crippen molar-refractivity contribution in [2.45, 2.75) is 23.7 Å². The normalized spacial score (nSPS) is 26.8. The monoisotopic (exact) mass is 349 g/mol. The molecule has 1 aliphatic rings. The standard InChI is InChI=1S/C17H19NO5S/c1-22-14-5-3-2-4-12(14)10-6-11(8-18-7-10)23-17-16(21)15(20)13(19)9-24-17/h2-8,13,15-17,19-21H,9H2,1H3/t13-,15+,16-,17-/m1/s1. The number of rotatable bonds is 4. The summed E-state index contributed by atoms with van der Waals surface area (Å²) in [6, 6.07) is 9.38. The summed E-state index contributed by atoms with van der Waals surface area (Å²) < 4.78 is 11.1. The molecule has 0 spiro atoms. The highest BCUT2D eigenvalue weighted by Gasteiger charge is 2.38. The molecule has 24 heavy (non-hydrogen) atoms. The number of para-hydroxylation sites is 1. The number of pyridine rings is 1. The minimum atomic E-state index is -1.22. The predicted molar refractivity (Wildman–Crippen MR) is 91.1 cm³/mol. The van der Waals surface area contributed by atoms with Gasteiger partial charge in [-0.1, -0.05) is 18.2 Å². The van der Waals surface area contributed by atoms with Crippen LogP contribution in [0.5, 0.6) is 11.5 Å². The topological polar surface area (TPSA) is 92.0 Å². The molecule has 3 N–H and O–H groups in total. The van der Waals surface area contributed by atoms with Gasteiger partial charge in [0.25, 0.3) is 0 Å². The average Bonchev–Trinajstić information content (AvgIpc) is 2.62. The molecule has 6 nitrogen and oxygen atoms in total. The van der Waals surface area contributed by atoms with Crippen LogP contribution in [0.3, 0.4) is 0 Å². The second kappa shape index (κ2) is 7.40. The van der Waals surface area contributed by atoms with Crippen molar-refractivity contribution in [3.05, 3.63) is 42.7 Å². The molecule has 1 aromatic heterocycles. The van der Waals surface area contributed by atoms with E-state index in [4.69, 9.17) is 9.47 Å². The maximum Gasteiger partial charge on any atom is 0.173 e. The highest BCUT2D eigenvalue weighted by molar-refractivity contribution is 7.99. The van der Waals surface area contributed by atoms with Gasteiger partial charge < -0.3 is 24.8 Å². The molecular weight excluding hydrogens is 330 g/mol. The second-order valence-electron chi connectivity index (χ2n) is 5.48. The van der Waals surface area contributed by atoms with Crippen LogP contribution >= 0.6 is 11.8 Å². The largest absolute Gasteiger partial charge is 0.496 e. The lowest BCUT2D eigenvalue weighted by Gasteiger charge is -2.34. The minimum Gasteiger partial charge on any atom is -0.496 e. The number of aliphatic hydroxyl groups excluding tert-OH is 3. The number of thioether (sulfide) groups is 1. The van der Waals surface area contributed by atoms with Gasteiger partial charge in [-0.25, -0.2) is 0 Å². The molecule has 0 unspecified atom stereocenters. The van der Waals surface area contributed by atoms with Crippen molar-refractivity contribution in [2.75, 3.05) is 12.9 Å². The Labute approximate surface area is 144 Å². The number of hydrogen-bond donors (Lipinski definition) is 3. The van der Waals surface area contributed by atoms with Gasteiger partial charge in [-0.2, -0.15) is 0 Å². The molecule has 0 bridgehead atoms. The quantitative estimate of drug-likeness (QED) is 0.766. The second-order valence-corrected chi connectivity index (χ2v) is 6.61. The maximum atomic E-state index is 10.0. The van der Waals surface area contributed by atoms with Gasteiger partial charge in [0, 0.05) is 23.1 Å². The van der Waals surface area contributed by atoms with E-state index in [0.29, 0.717) is 11.5 Å². The molecule has 128 valence electrons. The van der Waals surface area contributed by atoms with Gasteiger partial charge in [0.2, 0.25) is 0 Å². The Morgan fingerprint density at radius 3 is 2.71 bits per heavy atom. The lowest BCUT2D eigenvalue weighted by molar-refractivity contribution is -0.0786. The molecule has 1 fully saturated rings. The van der Waals surface area contributed by atoms with Gasteiger partial charge in [0.05, 0.1) is 19.4 Å². The first-order valence-corrected chi connectivity index (χ1v) is 8.56. The number of aliphatic hydroxyl groups is 3. The summed E-state index contributed by atoms with van der Waals surface area (Å²) in [6.07, 6.45) is -0.102. The number of aromatic nitrogens is 1. The molecule has 0 aliphatic carbocycles.